The number of rotatable bonds is 5. The third-order valence-corrected chi connectivity index (χ3v) is 3.39. The van der Waals surface area contributed by atoms with E-state index in [1.807, 2.05) is 0 Å². The lowest BCUT2D eigenvalue weighted by Gasteiger charge is -2.09. The molecule has 0 aliphatic heterocycles. The van der Waals surface area contributed by atoms with Gasteiger partial charge in [0.1, 0.15) is 0 Å². The van der Waals surface area contributed by atoms with Crippen LogP contribution in [0.3, 0.4) is 0 Å². The fourth-order valence-electron chi connectivity index (χ4n) is 0.701. The van der Waals surface area contributed by atoms with Crippen molar-refractivity contribution in [3.8, 4) is 0 Å². The maximum absolute atomic E-state index is 11.0. The molecular weight excluding hydrogens is 159 g/mol. The van der Waals surface area contributed by atoms with Gasteiger partial charge in [0.25, 0.3) is 0 Å². The van der Waals surface area contributed by atoms with E-state index in [1.165, 1.54) is 5.82 Å². The molecule has 0 aromatic rings. The van der Waals surface area contributed by atoms with Crippen molar-refractivity contribution in [2.75, 3.05) is 6.16 Å². The van der Waals surface area contributed by atoms with Crippen LogP contribution in [0.1, 0.15) is 26.7 Å². The average Bonchev–Trinajstić information content (AvgIpc) is 2.00. The summed E-state index contributed by atoms with van der Waals surface area (Å²) in [5, 5.41) is 0. The molecule has 0 aromatic heterocycles. The van der Waals surface area contributed by atoms with Crippen molar-refractivity contribution >= 4 is 7.37 Å². The Balaban J connectivity index is 3.70. The van der Waals surface area contributed by atoms with Crippen LogP contribution in [0.5, 0.6) is 0 Å². The van der Waals surface area contributed by atoms with Gasteiger partial charge in [0.05, 0.1) is 0 Å². The van der Waals surface area contributed by atoms with Crippen LogP contribution in [0.15, 0.2) is 12.4 Å². The average molecular weight is 176 g/mol. The van der Waals surface area contributed by atoms with Crippen molar-refractivity contribution in [1.82, 2.24) is 0 Å². The summed E-state index contributed by atoms with van der Waals surface area (Å²) in [4.78, 5) is 9.11. The van der Waals surface area contributed by atoms with E-state index in [4.69, 9.17) is 4.89 Å². The maximum atomic E-state index is 11.0. The summed E-state index contributed by atoms with van der Waals surface area (Å²) in [6, 6.07) is 0. The van der Waals surface area contributed by atoms with Gasteiger partial charge in [-0.3, -0.25) is 4.57 Å². The molecule has 0 fully saturated rings. The molecule has 66 valence electrons. The minimum absolute atomic E-state index is 0.380. The largest absolute Gasteiger partial charge is 0.341 e. The van der Waals surface area contributed by atoms with E-state index >= 15 is 0 Å². The Labute approximate surface area is 68.8 Å². The highest BCUT2D eigenvalue weighted by atomic mass is 31.2. The van der Waals surface area contributed by atoms with E-state index in [1.54, 1.807) is 0 Å². The molecule has 0 bridgehead atoms. The fourth-order valence-corrected chi connectivity index (χ4v) is 1.69. The van der Waals surface area contributed by atoms with E-state index in [0.29, 0.717) is 12.1 Å². The van der Waals surface area contributed by atoms with Crippen molar-refractivity contribution in [3.05, 3.63) is 12.4 Å². The Kier molecular flexibility index (Phi) is 4.71. The molecule has 0 saturated heterocycles. The Morgan fingerprint density at radius 1 is 1.73 bits per heavy atom. The first kappa shape index (κ1) is 10.9. The first-order valence-corrected chi connectivity index (χ1v) is 5.88. The summed E-state index contributed by atoms with van der Waals surface area (Å²) >= 11 is 0. The SMILES string of the molecule is C=CP(=O)(O)CCC(C)CC. The second kappa shape index (κ2) is 4.74. The van der Waals surface area contributed by atoms with Crippen LogP contribution >= 0.6 is 7.37 Å². The summed E-state index contributed by atoms with van der Waals surface area (Å²) in [5.41, 5.74) is 0. The fraction of sp³-hybridized carbons (Fsp3) is 0.750. The second-order valence-corrected chi connectivity index (χ2v) is 5.29. The third-order valence-electron chi connectivity index (χ3n) is 1.92. The van der Waals surface area contributed by atoms with E-state index in [2.05, 4.69) is 20.4 Å². The normalized spacial score (nSPS) is 18.8. The zero-order chi connectivity index (χ0) is 8.91. The Morgan fingerprint density at radius 3 is 2.64 bits per heavy atom. The monoisotopic (exact) mass is 176 g/mol. The molecule has 0 aliphatic rings. The topological polar surface area (TPSA) is 37.3 Å². The second-order valence-electron chi connectivity index (χ2n) is 2.96. The van der Waals surface area contributed by atoms with Gasteiger partial charge in [-0.25, -0.2) is 0 Å². The lowest BCUT2D eigenvalue weighted by atomic mass is 10.1. The highest BCUT2D eigenvalue weighted by Crippen LogP contribution is 2.42. The van der Waals surface area contributed by atoms with Crippen LogP contribution < -0.4 is 0 Å². The number of hydrogen-bond acceptors (Lipinski definition) is 1. The molecule has 2 atom stereocenters. The first-order chi connectivity index (χ1) is 5.02. The molecule has 2 unspecified atom stereocenters. The molecule has 0 amide bonds. The van der Waals surface area contributed by atoms with Gasteiger partial charge in [0.2, 0.25) is 7.37 Å². The zero-order valence-electron chi connectivity index (χ0n) is 7.29. The van der Waals surface area contributed by atoms with Crippen molar-refractivity contribution in [2.24, 2.45) is 5.92 Å². The van der Waals surface area contributed by atoms with Gasteiger partial charge < -0.3 is 4.89 Å². The smallest absolute Gasteiger partial charge is 0.222 e. The van der Waals surface area contributed by atoms with Crippen LogP contribution in [-0.2, 0) is 4.57 Å². The summed E-state index contributed by atoms with van der Waals surface area (Å²) < 4.78 is 11.0. The molecule has 0 spiro atoms. The van der Waals surface area contributed by atoms with Gasteiger partial charge in [-0.05, 0) is 18.2 Å². The predicted octanol–water partition coefficient (Wildman–Crippen LogP) is 2.84. The summed E-state index contributed by atoms with van der Waals surface area (Å²) in [6.45, 7) is 7.49. The van der Waals surface area contributed by atoms with E-state index < -0.39 is 7.37 Å². The molecule has 0 saturated carbocycles. The van der Waals surface area contributed by atoms with Crippen LogP contribution in [0.25, 0.3) is 0 Å². The first-order valence-electron chi connectivity index (χ1n) is 3.97. The molecule has 0 aromatic carbocycles. The molecule has 0 rings (SSSR count). The standard InChI is InChI=1S/C8H17O2P/c1-4-8(3)6-7-11(9,10)5-2/h5,8H,2,4,6-7H2,1,3H3,(H,9,10). The molecule has 11 heavy (non-hydrogen) atoms. The molecule has 0 aliphatic carbocycles. The minimum Gasteiger partial charge on any atom is -0.341 e. The third kappa shape index (κ3) is 5.23. The maximum Gasteiger partial charge on any atom is 0.222 e. The molecule has 0 heterocycles. The predicted molar refractivity (Wildman–Crippen MR) is 49.0 cm³/mol. The van der Waals surface area contributed by atoms with Gasteiger partial charge in [-0.1, -0.05) is 26.8 Å². The van der Waals surface area contributed by atoms with Crippen molar-refractivity contribution in [2.45, 2.75) is 26.7 Å². The lowest BCUT2D eigenvalue weighted by Crippen LogP contribution is -1.96. The molecule has 0 radical (unpaired) electrons. The molecule has 3 heteroatoms. The molecular formula is C8H17O2P. The van der Waals surface area contributed by atoms with E-state index in [0.717, 1.165) is 12.8 Å². The summed E-state index contributed by atoms with van der Waals surface area (Å²) in [6.07, 6.45) is 2.26. The number of hydrogen-bond donors (Lipinski definition) is 1. The van der Waals surface area contributed by atoms with Crippen molar-refractivity contribution in [1.29, 1.82) is 0 Å². The highest BCUT2D eigenvalue weighted by Gasteiger charge is 2.13. The summed E-state index contributed by atoms with van der Waals surface area (Å²) in [5.74, 6) is 1.71. The Hall–Kier alpha value is -0.0700. The molecule has 1 N–H and O–H groups in total. The molecule has 2 nitrogen and oxygen atoms in total. The minimum atomic E-state index is -2.98. The van der Waals surface area contributed by atoms with Gasteiger partial charge in [-0.2, -0.15) is 0 Å². The van der Waals surface area contributed by atoms with Crippen molar-refractivity contribution in [3.63, 3.8) is 0 Å². The van der Waals surface area contributed by atoms with Gasteiger partial charge >= 0.3 is 0 Å². The quantitative estimate of drug-likeness (QED) is 0.654. The van der Waals surface area contributed by atoms with Gasteiger partial charge in [0, 0.05) is 6.16 Å². The van der Waals surface area contributed by atoms with Gasteiger partial charge in [0.15, 0.2) is 0 Å². The lowest BCUT2D eigenvalue weighted by molar-refractivity contribution is 0.472. The van der Waals surface area contributed by atoms with E-state index in [-0.39, 0.29) is 0 Å². The van der Waals surface area contributed by atoms with Crippen LogP contribution in [-0.4, -0.2) is 11.1 Å². The Bertz CT molecular complexity index is 165. The van der Waals surface area contributed by atoms with Gasteiger partial charge in [-0.15, -0.1) is 0 Å². The van der Waals surface area contributed by atoms with E-state index in [9.17, 15) is 4.57 Å². The van der Waals surface area contributed by atoms with Crippen LogP contribution in [0, 0.1) is 5.92 Å². The zero-order valence-corrected chi connectivity index (χ0v) is 8.18. The highest BCUT2D eigenvalue weighted by molar-refractivity contribution is 7.61. The Morgan fingerprint density at radius 2 is 2.27 bits per heavy atom. The van der Waals surface area contributed by atoms with Crippen LogP contribution in [0.4, 0.5) is 0 Å². The van der Waals surface area contributed by atoms with Crippen LogP contribution in [0.2, 0.25) is 0 Å². The summed E-state index contributed by atoms with van der Waals surface area (Å²) in [7, 11) is -2.98. The van der Waals surface area contributed by atoms with Crippen molar-refractivity contribution < 1.29 is 9.46 Å².